The molecule has 1 aliphatic carbocycles. The van der Waals surface area contributed by atoms with Gasteiger partial charge in [0.2, 0.25) is 0 Å². The minimum atomic E-state index is -0.929. The monoisotopic (exact) mass is 545 g/mol. The van der Waals surface area contributed by atoms with Gasteiger partial charge in [0.1, 0.15) is 11.6 Å². The van der Waals surface area contributed by atoms with Gasteiger partial charge in [0, 0.05) is 30.4 Å². The van der Waals surface area contributed by atoms with Gasteiger partial charge in [-0.3, -0.25) is 0 Å². The fourth-order valence-corrected chi connectivity index (χ4v) is 5.96. The molecule has 1 N–H and O–H groups in total. The molecule has 0 unspecified atom stereocenters. The molecule has 1 fully saturated rings. The Morgan fingerprint density at radius 2 is 1.56 bits per heavy atom. The number of aromatic carboxylic acids is 1. The lowest BCUT2D eigenvalue weighted by molar-refractivity contribution is 0.0697. The lowest BCUT2D eigenvalue weighted by Crippen LogP contribution is -2.22. The summed E-state index contributed by atoms with van der Waals surface area (Å²) in [6.07, 6.45) is 5.92. The maximum absolute atomic E-state index is 11.6. The van der Waals surface area contributed by atoms with Gasteiger partial charge in [0.25, 0.3) is 0 Å². The van der Waals surface area contributed by atoms with E-state index in [-0.39, 0.29) is 5.56 Å². The number of carboxylic acids is 1. The number of methoxy groups -OCH3 is 1. The summed E-state index contributed by atoms with van der Waals surface area (Å²) in [6, 6.07) is 33.1. The van der Waals surface area contributed by atoms with Crippen LogP contribution in [0, 0.1) is 0 Å². The van der Waals surface area contributed by atoms with Gasteiger partial charge in [-0.25, -0.2) is 9.78 Å². The molecule has 0 atom stereocenters. The number of benzene rings is 4. The minimum absolute atomic E-state index is 0.268. The molecule has 0 bridgehead atoms. The zero-order valence-electron chi connectivity index (χ0n) is 23.4. The van der Waals surface area contributed by atoms with Crippen LogP contribution in [-0.2, 0) is 13.1 Å². The molecule has 1 aliphatic rings. The highest BCUT2D eigenvalue weighted by molar-refractivity contribution is 5.93. The number of nitrogens with zero attached hydrogens (tertiary/aromatic N) is 3. The number of fused-ring (bicyclic) bond motifs is 1. The number of hydrogen-bond acceptors (Lipinski definition) is 4. The normalized spacial score (nSPS) is 13.8. The number of rotatable bonds is 9. The van der Waals surface area contributed by atoms with E-state index in [0.29, 0.717) is 6.04 Å². The highest BCUT2D eigenvalue weighted by Crippen LogP contribution is 2.36. The van der Waals surface area contributed by atoms with Crippen LogP contribution in [0.2, 0.25) is 0 Å². The number of aromatic nitrogens is 2. The predicted octanol–water partition coefficient (Wildman–Crippen LogP) is 8.12. The third-order valence-corrected chi connectivity index (χ3v) is 8.12. The predicted molar refractivity (Wildman–Crippen MR) is 164 cm³/mol. The van der Waals surface area contributed by atoms with Crippen molar-refractivity contribution >= 4 is 22.7 Å². The van der Waals surface area contributed by atoms with E-state index in [9.17, 15) is 9.90 Å². The Morgan fingerprint density at radius 3 is 2.22 bits per heavy atom. The Bertz CT molecular complexity index is 1620. The van der Waals surface area contributed by atoms with Crippen LogP contribution < -0.4 is 9.64 Å². The largest absolute Gasteiger partial charge is 0.497 e. The quantitative estimate of drug-likeness (QED) is 0.203. The summed E-state index contributed by atoms with van der Waals surface area (Å²) in [5.41, 5.74) is 6.65. The summed E-state index contributed by atoms with van der Waals surface area (Å²) in [5, 5.41) is 9.55. The van der Waals surface area contributed by atoms with Crippen LogP contribution in [0.5, 0.6) is 5.75 Å². The highest BCUT2D eigenvalue weighted by atomic mass is 16.5. The van der Waals surface area contributed by atoms with Gasteiger partial charge in [-0.15, -0.1) is 0 Å². The maximum atomic E-state index is 11.6. The first kappa shape index (κ1) is 26.6. The van der Waals surface area contributed by atoms with E-state index in [1.54, 1.807) is 19.2 Å². The molecule has 0 radical (unpaired) electrons. The molecule has 6 heteroatoms. The summed E-state index contributed by atoms with van der Waals surface area (Å²) in [6.45, 7) is 1.54. The van der Waals surface area contributed by atoms with Crippen LogP contribution in [-0.4, -0.2) is 27.7 Å². The summed E-state index contributed by atoms with van der Waals surface area (Å²) in [7, 11) is 1.69. The molecule has 6 rings (SSSR count). The maximum Gasteiger partial charge on any atom is 0.335 e. The van der Waals surface area contributed by atoms with Gasteiger partial charge in [0.05, 0.1) is 23.7 Å². The summed E-state index contributed by atoms with van der Waals surface area (Å²) >= 11 is 0. The topological polar surface area (TPSA) is 67.6 Å². The standard InChI is InChI=1S/C35H35N3O3/c1-41-31-19-17-29(18-20-31)37(23-25-8-4-2-5-9-25)24-26-12-14-27(15-13-26)34-36-32-22-28(35(39)40)16-21-33(32)38(34)30-10-6-3-7-11-30/h2,4-5,8-9,12-22,30H,3,6-7,10-11,23-24H2,1H3,(H,39,40). The van der Waals surface area contributed by atoms with Gasteiger partial charge < -0.3 is 19.3 Å². The fraction of sp³-hybridized carbons (Fsp3) is 0.257. The van der Waals surface area contributed by atoms with Crippen molar-refractivity contribution in [1.29, 1.82) is 0 Å². The molecular weight excluding hydrogens is 510 g/mol. The molecule has 1 aromatic heterocycles. The van der Waals surface area contributed by atoms with Crippen molar-refractivity contribution in [1.82, 2.24) is 9.55 Å². The Hall–Kier alpha value is -4.58. The minimum Gasteiger partial charge on any atom is -0.497 e. The van der Waals surface area contributed by atoms with E-state index >= 15 is 0 Å². The van der Waals surface area contributed by atoms with Crippen molar-refractivity contribution in [2.45, 2.75) is 51.2 Å². The molecule has 41 heavy (non-hydrogen) atoms. The van der Waals surface area contributed by atoms with Crippen molar-refractivity contribution in [3.63, 3.8) is 0 Å². The van der Waals surface area contributed by atoms with E-state index in [2.05, 4.69) is 70.1 Å². The third kappa shape index (κ3) is 5.82. The molecule has 0 spiro atoms. The average molecular weight is 546 g/mol. The Balaban J connectivity index is 1.32. The van der Waals surface area contributed by atoms with Gasteiger partial charge >= 0.3 is 5.97 Å². The summed E-state index contributed by atoms with van der Waals surface area (Å²) in [5.74, 6) is 0.827. The van der Waals surface area contributed by atoms with Gasteiger partial charge in [-0.2, -0.15) is 0 Å². The van der Waals surface area contributed by atoms with E-state index in [1.807, 2.05) is 24.3 Å². The Labute approximate surface area is 240 Å². The zero-order valence-corrected chi connectivity index (χ0v) is 23.4. The van der Waals surface area contributed by atoms with Crippen molar-refractivity contribution in [2.24, 2.45) is 0 Å². The average Bonchev–Trinajstić information content (AvgIpc) is 3.41. The van der Waals surface area contributed by atoms with Crippen LogP contribution in [0.4, 0.5) is 5.69 Å². The number of ether oxygens (including phenoxy) is 1. The lowest BCUT2D eigenvalue weighted by atomic mass is 9.94. The van der Waals surface area contributed by atoms with Crippen LogP contribution in [0.15, 0.2) is 97.1 Å². The molecule has 0 saturated heterocycles. The van der Waals surface area contributed by atoms with Gasteiger partial charge in [-0.05, 0) is 66.4 Å². The van der Waals surface area contributed by atoms with E-state index in [0.717, 1.165) is 59.8 Å². The number of carboxylic acid groups (broad SMARTS) is 1. The molecule has 5 aromatic rings. The van der Waals surface area contributed by atoms with Gasteiger partial charge in [-0.1, -0.05) is 73.9 Å². The Morgan fingerprint density at radius 1 is 0.878 bits per heavy atom. The van der Waals surface area contributed by atoms with Gasteiger partial charge in [0.15, 0.2) is 0 Å². The molecule has 0 aliphatic heterocycles. The highest BCUT2D eigenvalue weighted by Gasteiger charge is 2.23. The van der Waals surface area contributed by atoms with E-state index < -0.39 is 5.97 Å². The van der Waals surface area contributed by atoms with Crippen LogP contribution in [0.1, 0.15) is 59.6 Å². The summed E-state index contributed by atoms with van der Waals surface area (Å²) < 4.78 is 7.73. The molecular formula is C35H35N3O3. The molecule has 1 saturated carbocycles. The number of hydrogen-bond donors (Lipinski definition) is 1. The SMILES string of the molecule is COc1ccc(N(Cc2ccccc2)Cc2ccc(-c3nc4cc(C(=O)O)ccc4n3C3CCCCC3)cc2)cc1. The third-order valence-electron chi connectivity index (χ3n) is 8.12. The first-order valence-electron chi connectivity index (χ1n) is 14.4. The molecule has 0 amide bonds. The molecule has 6 nitrogen and oxygen atoms in total. The van der Waals surface area contributed by atoms with Crippen molar-refractivity contribution < 1.29 is 14.6 Å². The summed E-state index contributed by atoms with van der Waals surface area (Å²) in [4.78, 5) is 19.0. The van der Waals surface area contributed by atoms with Crippen LogP contribution >= 0.6 is 0 Å². The lowest BCUT2D eigenvalue weighted by Gasteiger charge is -2.26. The molecule has 208 valence electrons. The zero-order chi connectivity index (χ0) is 28.2. The first-order valence-corrected chi connectivity index (χ1v) is 14.4. The van der Waals surface area contributed by atoms with Crippen LogP contribution in [0.25, 0.3) is 22.4 Å². The van der Waals surface area contributed by atoms with Crippen LogP contribution in [0.3, 0.4) is 0 Å². The number of anilines is 1. The van der Waals surface area contributed by atoms with E-state index in [4.69, 9.17) is 9.72 Å². The van der Waals surface area contributed by atoms with Crippen molar-refractivity contribution in [3.05, 3.63) is 114 Å². The Kier molecular flexibility index (Phi) is 7.72. The molecule has 4 aromatic carbocycles. The fourth-order valence-electron chi connectivity index (χ4n) is 5.96. The second kappa shape index (κ2) is 11.9. The second-order valence-electron chi connectivity index (χ2n) is 10.8. The first-order chi connectivity index (χ1) is 20.1. The van der Waals surface area contributed by atoms with Crippen molar-refractivity contribution in [3.8, 4) is 17.1 Å². The van der Waals surface area contributed by atoms with Crippen molar-refractivity contribution in [2.75, 3.05) is 12.0 Å². The number of carbonyl (C=O) groups is 1. The molecule has 1 heterocycles. The van der Waals surface area contributed by atoms with E-state index in [1.165, 1.54) is 30.4 Å². The number of imidazole rings is 1. The smallest absolute Gasteiger partial charge is 0.335 e. The second-order valence-corrected chi connectivity index (χ2v) is 10.8.